The van der Waals surface area contributed by atoms with E-state index in [0.29, 0.717) is 22.0 Å². The minimum Gasteiger partial charge on any atom is -0.477 e. The Morgan fingerprint density at radius 3 is 2.83 bits per heavy atom. The summed E-state index contributed by atoms with van der Waals surface area (Å²) in [4.78, 5) is 64.3. The van der Waals surface area contributed by atoms with Crippen molar-refractivity contribution in [2.24, 2.45) is 5.16 Å². The lowest BCUT2D eigenvalue weighted by Crippen LogP contribution is -2.71. The quantitative estimate of drug-likeness (QED) is 0.102. The molecule has 2 aliphatic rings. The zero-order valence-electron chi connectivity index (χ0n) is 20.9. The van der Waals surface area contributed by atoms with Crippen molar-refractivity contribution in [3.05, 3.63) is 40.8 Å². The van der Waals surface area contributed by atoms with Gasteiger partial charge in [0, 0.05) is 29.8 Å². The maximum atomic E-state index is 13.1. The number of nitrogens with two attached hydrogens (primary N) is 1. The summed E-state index contributed by atoms with van der Waals surface area (Å²) in [5.74, 6) is -2.18. The second kappa shape index (κ2) is 11.1. The SMILES string of the molecule is CNC(=O)Nc1nc2c[n+](CC3=C(C(=O)O)N4C(=O)C(NC(=O)/C(=N\OC)c5csc(N)n5)[C@H]4SC3)ccc2s1. The summed E-state index contributed by atoms with van der Waals surface area (Å²) in [5.41, 5.74) is 6.72. The molecule has 208 valence electrons. The van der Waals surface area contributed by atoms with Crippen molar-refractivity contribution in [2.75, 3.05) is 31.0 Å². The van der Waals surface area contributed by atoms with Gasteiger partial charge in [0.15, 0.2) is 34.9 Å². The highest BCUT2D eigenvalue weighted by molar-refractivity contribution is 8.00. The Bertz CT molecular complexity index is 1600. The summed E-state index contributed by atoms with van der Waals surface area (Å²) in [7, 11) is 2.77. The Morgan fingerprint density at radius 2 is 2.15 bits per heavy atom. The zero-order valence-corrected chi connectivity index (χ0v) is 23.4. The number of thiazole rings is 2. The highest BCUT2D eigenvalue weighted by Crippen LogP contribution is 2.40. The van der Waals surface area contributed by atoms with Crippen LogP contribution in [0.2, 0.25) is 0 Å². The summed E-state index contributed by atoms with van der Waals surface area (Å²) in [6.45, 7) is 0.198. The number of nitrogen functional groups attached to an aromatic ring is 1. The van der Waals surface area contributed by atoms with Gasteiger partial charge < -0.3 is 26.3 Å². The second-order valence-electron chi connectivity index (χ2n) is 8.40. The van der Waals surface area contributed by atoms with Gasteiger partial charge in [-0.05, 0) is 0 Å². The highest BCUT2D eigenvalue weighted by atomic mass is 32.2. The van der Waals surface area contributed by atoms with Crippen molar-refractivity contribution >= 4 is 84.4 Å². The first-order valence-corrected chi connectivity index (χ1v) is 14.3. The van der Waals surface area contributed by atoms with Crippen LogP contribution >= 0.6 is 34.4 Å². The Morgan fingerprint density at radius 1 is 1.35 bits per heavy atom. The van der Waals surface area contributed by atoms with Gasteiger partial charge in [0.1, 0.15) is 35.4 Å². The lowest BCUT2D eigenvalue weighted by molar-refractivity contribution is -0.687. The lowest BCUT2D eigenvalue weighted by atomic mass is 10.0. The standard InChI is InChI=1S/C22H21N9O6S3/c1-24-21(36)28-22-26-10-6-30(4-3-12(10)40-22)5-9-7-38-18-14(17(33)31(18)15(9)19(34)35)27-16(32)13(29-37-2)11-8-39-20(23)25-11/h3-4,6,8,14,18H,5,7H2,1-2H3,(H5-,23,24,25,26,27,28,32,34,35,36)/p+1/b29-13-/t14?,18-/m1/s1. The van der Waals surface area contributed by atoms with Crippen LogP contribution in [0, 0.1) is 0 Å². The normalized spacial score (nSPS) is 18.7. The minimum absolute atomic E-state index is 0.120. The number of aromatic nitrogens is 3. The van der Waals surface area contributed by atoms with Crippen LogP contribution in [0.3, 0.4) is 0 Å². The van der Waals surface area contributed by atoms with Gasteiger partial charge in [-0.2, -0.15) is 4.57 Å². The molecule has 2 atom stereocenters. The first-order chi connectivity index (χ1) is 19.2. The van der Waals surface area contributed by atoms with Gasteiger partial charge in [-0.15, -0.1) is 23.1 Å². The minimum atomic E-state index is -1.24. The van der Waals surface area contributed by atoms with Gasteiger partial charge in [0.25, 0.3) is 11.8 Å². The number of nitrogens with zero attached hydrogens (tertiary/aromatic N) is 5. The average molecular weight is 605 g/mol. The van der Waals surface area contributed by atoms with E-state index in [4.69, 9.17) is 10.6 Å². The highest BCUT2D eigenvalue weighted by Gasteiger charge is 2.54. The fraction of sp³-hybridized carbons (Fsp3) is 0.273. The predicted molar refractivity (Wildman–Crippen MR) is 148 cm³/mol. The number of rotatable bonds is 8. The molecule has 4 amide bonds. The number of hydrogen-bond donors (Lipinski definition) is 5. The number of β-lactam (4-membered cyclic amide) rings is 1. The van der Waals surface area contributed by atoms with Crippen LogP contribution in [-0.2, 0) is 25.8 Å². The lowest BCUT2D eigenvalue weighted by Gasteiger charge is -2.49. The van der Waals surface area contributed by atoms with Crippen molar-refractivity contribution in [3.8, 4) is 0 Å². The maximum absolute atomic E-state index is 13.1. The molecule has 2 aliphatic heterocycles. The van der Waals surface area contributed by atoms with E-state index in [1.807, 2.05) is 6.07 Å². The van der Waals surface area contributed by atoms with Gasteiger partial charge in [0.05, 0.1) is 4.70 Å². The topological polar surface area (TPSA) is 205 Å². The van der Waals surface area contributed by atoms with Crippen molar-refractivity contribution in [1.82, 2.24) is 25.5 Å². The number of aliphatic carboxylic acids is 1. The van der Waals surface area contributed by atoms with E-state index in [9.17, 15) is 24.3 Å². The third-order valence-electron chi connectivity index (χ3n) is 5.91. The fourth-order valence-corrected chi connectivity index (χ4v) is 6.87. The summed E-state index contributed by atoms with van der Waals surface area (Å²) in [6.07, 6.45) is 3.52. The number of carbonyl (C=O) groups is 4. The van der Waals surface area contributed by atoms with Crippen molar-refractivity contribution < 1.29 is 33.7 Å². The summed E-state index contributed by atoms with van der Waals surface area (Å²) >= 11 is 3.76. The molecule has 5 rings (SSSR count). The molecule has 0 bridgehead atoms. The van der Waals surface area contributed by atoms with Crippen LogP contribution in [0.1, 0.15) is 5.69 Å². The number of carbonyl (C=O) groups excluding carboxylic acids is 3. The fourth-order valence-electron chi connectivity index (χ4n) is 4.16. The average Bonchev–Trinajstić information content (AvgIpc) is 3.54. The molecule has 0 saturated carbocycles. The molecule has 3 aromatic rings. The van der Waals surface area contributed by atoms with E-state index >= 15 is 0 Å². The number of fused-ring (bicyclic) bond motifs is 2. The van der Waals surface area contributed by atoms with E-state index in [1.54, 1.807) is 17.0 Å². The maximum Gasteiger partial charge on any atom is 0.352 e. The molecular weight excluding hydrogens is 583 g/mol. The van der Waals surface area contributed by atoms with Gasteiger partial charge in [-0.25, -0.2) is 19.6 Å². The molecular formula is C22H22N9O6S3+. The second-order valence-corrected chi connectivity index (χ2v) is 11.4. The largest absolute Gasteiger partial charge is 0.477 e. The van der Waals surface area contributed by atoms with Crippen LogP contribution in [-0.4, -0.2) is 80.8 Å². The predicted octanol–water partition coefficient (Wildman–Crippen LogP) is 0.163. The molecule has 0 radical (unpaired) electrons. The molecule has 18 heteroatoms. The third-order valence-corrected chi connectivity index (χ3v) is 8.87. The molecule has 40 heavy (non-hydrogen) atoms. The van der Waals surface area contributed by atoms with E-state index in [-0.39, 0.29) is 34.8 Å². The summed E-state index contributed by atoms with van der Waals surface area (Å²) in [5, 5.41) is 23.0. The Kier molecular flexibility index (Phi) is 7.55. The molecule has 15 nitrogen and oxygen atoms in total. The Balaban J connectivity index is 1.33. The van der Waals surface area contributed by atoms with Gasteiger partial charge in [-0.3, -0.25) is 19.8 Å². The van der Waals surface area contributed by atoms with Crippen LogP contribution in [0.5, 0.6) is 0 Å². The number of hydrogen-bond acceptors (Lipinski definition) is 12. The van der Waals surface area contributed by atoms with Crippen LogP contribution in [0.25, 0.3) is 10.2 Å². The van der Waals surface area contributed by atoms with E-state index in [2.05, 4.69) is 31.1 Å². The van der Waals surface area contributed by atoms with Crippen LogP contribution in [0.15, 0.2) is 40.3 Å². The molecule has 3 aromatic heterocycles. The van der Waals surface area contributed by atoms with Crippen molar-refractivity contribution in [1.29, 1.82) is 0 Å². The molecule has 6 N–H and O–H groups in total. The molecule has 0 spiro atoms. The molecule has 1 saturated heterocycles. The Hall–Kier alpha value is -4.29. The van der Waals surface area contributed by atoms with Crippen molar-refractivity contribution in [3.63, 3.8) is 0 Å². The molecule has 1 unspecified atom stereocenters. The number of amides is 4. The van der Waals surface area contributed by atoms with Crippen molar-refractivity contribution in [2.45, 2.75) is 18.0 Å². The first kappa shape index (κ1) is 27.3. The number of carboxylic acid groups (broad SMARTS) is 1. The van der Waals surface area contributed by atoms with E-state index in [0.717, 1.165) is 16.0 Å². The summed E-state index contributed by atoms with van der Waals surface area (Å²) in [6, 6.07) is 0.467. The monoisotopic (exact) mass is 604 g/mol. The number of anilines is 2. The van der Waals surface area contributed by atoms with Crippen LogP contribution < -0.4 is 26.3 Å². The first-order valence-electron chi connectivity index (χ1n) is 11.5. The number of nitrogens with one attached hydrogen (secondary N) is 3. The van der Waals surface area contributed by atoms with Gasteiger partial charge in [0.2, 0.25) is 0 Å². The van der Waals surface area contributed by atoms with E-state index < -0.39 is 29.2 Å². The number of oxime groups is 1. The molecule has 0 aliphatic carbocycles. The number of pyridine rings is 1. The molecule has 1 fully saturated rings. The van der Waals surface area contributed by atoms with Gasteiger partial charge >= 0.3 is 12.0 Å². The number of carboxylic acids is 1. The van der Waals surface area contributed by atoms with E-state index in [1.165, 1.54) is 47.5 Å². The summed E-state index contributed by atoms with van der Waals surface area (Å²) < 4.78 is 2.60. The van der Waals surface area contributed by atoms with Gasteiger partial charge in [-0.1, -0.05) is 16.5 Å². The zero-order chi connectivity index (χ0) is 28.6. The third kappa shape index (κ3) is 5.15. The number of thioether (sulfide) groups is 1. The molecule has 0 aromatic carbocycles. The molecule has 5 heterocycles. The smallest absolute Gasteiger partial charge is 0.352 e. The number of urea groups is 1. The Labute approximate surface area is 238 Å². The van der Waals surface area contributed by atoms with Crippen LogP contribution in [0.4, 0.5) is 15.1 Å².